The summed E-state index contributed by atoms with van der Waals surface area (Å²) in [4.78, 5) is 33.1. The molecular formula is C28H22N4O2. The summed E-state index contributed by atoms with van der Waals surface area (Å²) in [5, 5.41) is 9.53. The van der Waals surface area contributed by atoms with E-state index < -0.39 is 0 Å². The van der Waals surface area contributed by atoms with Gasteiger partial charge in [0.2, 0.25) is 0 Å². The largest absolute Gasteiger partial charge is 0.339 e. The van der Waals surface area contributed by atoms with Crippen molar-refractivity contribution in [1.82, 2.24) is 14.5 Å². The van der Waals surface area contributed by atoms with E-state index in [1.165, 1.54) is 0 Å². The van der Waals surface area contributed by atoms with E-state index >= 15 is 0 Å². The van der Waals surface area contributed by atoms with Gasteiger partial charge < -0.3 is 4.90 Å². The van der Waals surface area contributed by atoms with Gasteiger partial charge in [0.05, 0.1) is 28.2 Å². The minimum Gasteiger partial charge on any atom is -0.339 e. The molecule has 1 saturated heterocycles. The molecule has 0 radical (unpaired) electrons. The van der Waals surface area contributed by atoms with Crippen LogP contribution in [0.5, 0.6) is 0 Å². The zero-order valence-electron chi connectivity index (χ0n) is 18.5. The monoisotopic (exact) mass is 446 g/mol. The van der Waals surface area contributed by atoms with Crippen molar-refractivity contribution in [1.29, 1.82) is 5.26 Å². The quantitative estimate of drug-likeness (QED) is 0.457. The number of fused-ring (bicyclic) bond motifs is 1. The van der Waals surface area contributed by atoms with E-state index in [-0.39, 0.29) is 11.5 Å². The fraction of sp³-hybridized carbons (Fsp3) is 0.143. The van der Waals surface area contributed by atoms with E-state index in [4.69, 9.17) is 10.2 Å². The van der Waals surface area contributed by atoms with Crippen molar-refractivity contribution in [3.63, 3.8) is 0 Å². The molecule has 1 aliphatic heterocycles. The molecule has 0 aliphatic carbocycles. The molecule has 0 unspecified atom stereocenters. The Morgan fingerprint density at radius 3 is 2.47 bits per heavy atom. The lowest BCUT2D eigenvalue weighted by Gasteiger charge is -2.17. The van der Waals surface area contributed by atoms with Gasteiger partial charge in [0.25, 0.3) is 11.5 Å². The van der Waals surface area contributed by atoms with E-state index in [2.05, 4.69) is 6.07 Å². The van der Waals surface area contributed by atoms with Gasteiger partial charge in [-0.05, 0) is 66.9 Å². The smallest absolute Gasteiger partial charge is 0.266 e. The fourth-order valence-corrected chi connectivity index (χ4v) is 4.23. The molecule has 1 aromatic heterocycles. The number of amides is 1. The first-order chi connectivity index (χ1) is 16.6. The van der Waals surface area contributed by atoms with Crippen LogP contribution in [-0.2, 0) is 0 Å². The number of carbonyl (C=O) groups excluding carboxylic acids is 1. The maximum absolute atomic E-state index is 13.5. The highest BCUT2D eigenvalue weighted by atomic mass is 16.2. The first kappa shape index (κ1) is 21.4. The molecular weight excluding hydrogens is 424 g/mol. The van der Waals surface area contributed by atoms with Crippen LogP contribution >= 0.6 is 0 Å². The maximum atomic E-state index is 13.5. The SMILES string of the molecule is N#Cc1ccc(/C=C/c2nc3ccccc3c(=O)n2-c2cccc(C(=O)N3CCCC3)c2)cc1. The standard InChI is InChI=1S/C28H22N4O2/c29-19-21-12-10-20(11-13-21)14-15-26-30-25-9-2-1-8-24(25)28(34)32(26)23-7-5-6-22(18-23)27(33)31-16-3-4-17-31/h1-2,5-15,18H,3-4,16-17H2/b15-14+. The number of hydrogen-bond acceptors (Lipinski definition) is 4. The molecule has 0 saturated carbocycles. The molecule has 6 heteroatoms. The summed E-state index contributed by atoms with van der Waals surface area (Å²) in [6.45, 7) is 1.53. The summed E-state index contributed by atoms with van der Waals surface area (Å²) >= 11 is 0. The Labute approximate surface area is 197 Å². The van der Waals surface area contributed by atoms with Gasteiger partial charge in [0.15, 0.2) is 0 Å². The Hall–Kier alpha value is -4.50. The Balaban J connectivity index is 1.62. The van der Waals surface area contributed by atoms with Crippen molar-refractivity contribution in [3.05, 3.63) is 106 Å². The number of benzene rings is 3. The van der Waals surface area contributed by atoms with Gasteiger partial charge in [-0.25, -0.2) is 4.98 Å². The van der Waals surface area contributed by atoms with Crippen LogP contribution in [0.2, 0.25) is 0 Å². The van der Waals surface area contributed by atoms with E-state index in [1.807, 2.05) is 47.4 Å². The molecule has 3 aromatic carbocycles. The van der Waals surface area contributed by atoms with Gasteiger partial charge in [-0.2, -0.15) is 5.26 Å². The third-order valence-electron chi connectivity index (χ3n) is 6.01. The average Bonchev–Trinajstić information content (AvgIpc) is 3.43. The molecule has 0 N–H and O–H groups in total. The number of hydrogen-bond donors (Lipinski definition) is 0. The molecule has 5 rings (SSSR count). The molecule has 2 heterocycles. The van der Waals surface area contributed by atoms with Crippen LogP contribution in [0, 0.1) is 11.3 Å². The maximum Gasteiger partial charge on any atom is 0.266 e. The van der Waals surface area contributed by atoms with Crippen molar-refractivity contribution >= 4 is 29.0 Å². The molecule has 0 bridgehead atoms. The molecule has 1 aliphatic rings. The second-order valence-corrected chi connectivity index (χ2v) is 8.24. The van der Waals surface area contributed by atoms with Gasteiger partial charge >= 0.3 is 0 Å². The van der Waals surface area contributed by atoms with Crippen LogP contribution in [0.4, 0.5) is 0 Å². The molecule has 0 spiro atoms. The number of para-hydroxylation sites is 1. The van der Waals surface area contributed by atoms with Crippen LogP contribution < -0.4 is 5.56 Å². The Morgan fingerprint density at radius 1 is 0.941 bits per heavy atom. The third-order valence-corrected chi connectivity index (χ3v) is 6.01. The first-order valence-corrected chi connectivity index (χ1v) is 11.2. The number of rotatable bonds is 4. The Bertz CT molecular complexity index is 1500. The van der Waals surface area contributed by atoms with Crippen LogP contribution in [0.25, 0.3) is 28.7 Å². The Kier molecular flexibility index (Phi) is 5.75. The van der Waals surface area contributed by atoms with Gasteiger partial charge in [-0.1, -0.05) is 36.4 Å². The summed E-state index contributed by atoms with van der Waals surface area (Å²) in [6.07, 6.45) is 5.67. The fourth-order valence-electron chi connectivity index (χ4n) is 4.23. The molecule has 166 valence electrons. The lowest BCUT2D eigenvalue weighted by molar-refractivity contribution is 0.0793. The van der Waals surface area contributed by atoms with Crippen LogP contribution in [0.1, 0.15) is 40.2 Å². The lowest BCUT2D eigenvalue weighted by atomic mass is 10.1. The summed E-state index contributed by atoms with van der Waals surface area (Å²) in [6, 6.07) is 23.7. The highest BCUT2D eigenvalue weighted by molar-refractivity contribution is 5.95. The molecule has 34 heavy (non-hydrogen) atoms. The predicted octanol–water partition coefficient (Wildman–Crippen LogP) is 4.66. The summed E-state index contributed by atoms with van der Waals surface area (Å²) in [5.74, 6) is 0.439. The van der Waals surface area contributed by atoms with Crippen LogP contribution in [-0.4, -0.2) is 33.4 Å². The zero-order chi connectivity index (χ0) is 23.5. The highest BCUT2D eigenvalue weighted by Crippen LogP contribution is 2.19. The van der Waals surface area contributed by atoms with Crippen LogP contribution in [0.15, 0.2) is 77.6 Å². The van der Waals surface area contributed by atoms with E-state index in [0.29, 0.717) is 33.5 Å². The van der Waals surface area contributed by atoms with Gasteiger partial charge in [0, 0.05) is 18.7 Å². The van der Waals surface area contributed by atoms with Gasteiger partial charge in [-0.3, -0.25) is 14.2 Å². The van der Waals surface area contributed by atoms with Crippen LogP contribution in [0.3, 0.4) is 0 Å². The first-order valence-electron chi connectivity index (χ1n) is 11.2. The number of aromatic nitrogens is 2. The van der Waals surface area contributed by atoms with Gasteiger partial charge in [-0.15, -0.1) is 0 Å². The minimum absolute atomic E-state index is 0.0178. The molecule has 6 nitrogen and oxygen atoms in total. The minimum atomic E-state index is -0.198. The molecule has 0 atom stereocenters. The zero-order valence-corrected chi connectivity index (χ0v) is 18.5. The molecule has 1 fully saturated rings. The number of likely N-dealkylation sites (tertiary alicyclic amines) is 1. The summed E-state index contributed by atoms with van der Waals surface area (Å²) in [7, 11) is 0. The average molecular weight is 447 g/mol. The third kappa shape index (κ3) is 4.12. The molecule has 1 amide bonds. The van der Waals surface area contributed by atoms with Crippen molar-refractivity contribution < 1.29 is 4.79 Å². The lowest BCUT2D eigenvalue weighted by Crippen LogP contribution is -2.28. The summed E-state index contributed by atoms with van der Waals surface area (Å²) < 4.78 is 1.54. The highest BCUT2D eigenvalue weighted by Gasteiger charge is 2.20. The number of carbonyl (C=O) groups is 1. The van der Waals surface area contributed by atoms with E-state index in [0.717, 1.165) is 31.5 Å². The van der Waals surface area contributed by atoms with Crippen molar-refractivity contribution in [2.75, 3.05) is 13.1 Å². The second-order valence-electron chi connectivity index (χ2n) is 8.24. The van der Waals surface area contributed by atoms with Crippen molar-refractivity contribution in [3.8, 4) is 11.8 Å². The predicted molar refractivity (Wildman–Crippen MR) is 133 cm³/mol. The van der Waals surface area contributed by atoms with Gasteiger partial charge in [0.1, 0.15) is 5.82 Å². The summed E-state index contributed by atoms with van der Waals surface area (Å²) in [5.41, 5.74) is 3.01. The molecule has 4 aromatic rings. The second kappa shape index (κ2) is 9.16. The van der Waals surface area contributed by atoms with Crippen molar-refractivity contribution in [2.24, 2.45) is 0 Å². The van der Waals surface area contributed by atoms with E-state index in [9.17, 15) is 9.59 Å². The van der Waals surface area contributed by atoms with Crippen molar-refractivity contribution in [2.45, 2.75) is 12.8 Å². The number of nitrogens with zero attached hydrogens (tertiary/aromatic N) is 4. The normalized spacial score (nSPS) is 13.4. The van der Waals surface area contributed by atoms with E-state index in [1.54, 1.807) is 47.0 Å². The topological polar surface area (TPSA) is 79.0 Å². The Morgan fingerprint density at radius 2 is 1.71 bits per heavy atom. The number of nitriles is 1.